The Morgan fingerprint density at radius 2 is 2.39 bits per heavy atom. The predicted molar refractivity (Wildman–Crippen MR) is 71.5 cm³/mol. The lowest BCUT2D eigenvalue weighted by atomic mass is 10.3. The van der Waals surface area contributed by atoms with E-state index in [0.717, 1.165) is 25.1 Å². The summed E-state index contributed by atoms with van der Waals surface area (Å²) in [5.74, 6) is -0.0338. The number of carbonyl (C=O) groups is 1. The Balaban J connectivity index is 1.84. The molecule has 1 aliphatic carbocycles. The van der Waals surface area contributed by atoms with Gasteiger partial charge in [0.1, 0.15) is 5.70 Å². The number of nitrogens with one attached hydrogen (secondary N) is 1. The highest BCUT2D eigenvalue weighted by Crippen LogP contribution is 2.30. The molecule has 6 heteroatoms. The molecule has 0 spiro atoms. The molecule has 1 amide bonds. The zero-order chi connectivity index (χ0) is 12.7. The fourth-order valence-electron chi connectivity index (χ4n) is 1.99. The van der Waals surface area contributed by atoms with Crippen molar-refractivity contribution in [3.05, 3.63) is 23.7 Å². The molecular weight excluding hydrogens is 248 g/mol. The van der Waals surface area contributed by atoms with Gasteiger partial charge in [-0.05, 0) is 44.1 Å². The second-order valence-corrected chi connectivity index (χ2v) is 4.88. The van der Waals surface area contributed by atoms with Crippen LogP contribution < -0.4 is 5.32 Å². The van der Waals surface area contributed by atoms with E-state index in [2.05, 4.69) is 10.4 Å². The van der Waals surface area contributed by atoms with Crippen molar-refractivity contribution >= 4 is 29.3 Å². The van der Waals surface area contributed by atoms with Gasteiger partial charge < -0.3 is 5.32 Å². The van der Waals surface area contributed by atoms with Gasteiger partial charge in [0.25, 0.3) is 5.91 Å². The number of hydrogen-bond acceptors (Lipinski definition) is 3. The Kier molecular flexibility index (Phi) is 2.66. The molecule has 2 fully saturated rings. The number of amides is 1. The Hall–Kier alpha value is -1.69. The topological polar surface area (TPSA) is 50.2 Å². The van der Waals surface area contributed by atoms with Crippen LogP contribution in [0.15, 0.2) is 18.0 Å². The average Bonchev–Trinajstić information content (AvgIpc) is 3.00. The van der Waals surface area contributed by atoms with E-state index in [1.54, 1.807) is 11.0 Å². The summed E-state index contributed by atoms with van der Waals surface area (Å²) in [5.41, 5.74) is 1.29. The molecule has 0 bridgehead atoms. The largest absolute Gasteiger partial charge is 0.328 e. The van der Waals surface area contributed by atoms with Crippen molar-refractivity contribution < 1.29 is 4.79 Å². The lowest BCUT2D eigenvalue weighted by molar-refractivity contribution is -0.122. The van der Waals surface area contributed by atoms with Gasteiger partial charge >= 0.3 is 0 Å². The number of carbonyl (C=O) groups excluding carboxylic acids is 1. The normalized spacial score (nSPS) is 21.8. The first kappa shape index (κ1) is 11.4. The molecule has 1 saturated heterocycles. The van der Waals surface area contributed by atoms with Gasteiger partial charge in [-0.1, -0.05) is 0 Å². The van der Waals surface area contributed by atoms with Gasteiger partial charge in [0.15, 0.2) is 5.11 Å². The predicted octanol–water partition coefficient (Wildman–Crippen LogP) is 1.12. The lowest BCUT2D eigenvalue weighted by Crippen LogP contribution is -2.32. The van der Waals surface area contributed by atoms with Crippen molar-refractivity contribution in [2.75, 3.05) is 0 Å². The maximum Gasteiger partial charge on any atom is 0.276 e. The molecular formula is C12H14N4OS. The van der Waals surface area contributed by atoms with E-state index >= 15 is 0 Å². The van der Waals surface area contributed by atoms with Gasteiger partial charge in [-0.3, -0.25) is 14.4 Å². The lowest BCUT2D eigenvalue weighted by Gasteiger charge is -2.11. The molecule has 1 aliphatic heterocycles. The van der Waals surface area contributed by atoms with Crippen molar-refractivity contribution in [1.82, 2.24) is 20.0 Å². The van der Waals surface area contributed by atoms with E-state index in [-0.39, 0.29) is 5.91 Å². The monoisotopic (exact) mass is 262 g/mol. The molecule has 1 N–H and O–H groups in total. The molecule has 0 radical (unpaired) electrons. The molecule has 0 atom stereocenters. The van der Waals surface area contributed by atoms with Crippen molar-refractivity contribution in [2.24, 2.45) is 0 Å². The van der Waals surface area contributed by atoms with Crippen LogP contribution in [-0.4, -0.2) is 31.7 Å². The molecule has 0 aromatic carbocycles. The Bertz CT molecular complexity index is 544. The number of rotatable bonds is 3. The maximum absolute atomic E-state index is 12.2. The Morgan fingerprint density at radius 3 is 3.00 bits per heavy atom. The number of aromatic nitrogens is 2. The first-order valence-corrected chi connectivity index (χ1v) is 6.49. The van der Waals surface area contributed by atoms with Gasteiger partial charge in [-0.2, -0.15) is 5.10 Å². The van der Waals surface area contributed by atoms with Crippen LogP contribution in [0.5, 0.6) is 0 Å². The molecule has 0 unspecified atom stereocenters. The minimum atomic E-state index is -0.0338. The van der Waals surface area contributed by atoms with Crippen LogP contribution in [0.25, 0.3) is 6.08 Å². The van der Waals surface area contributed by atoms with Gasteiger partial charge in [0.05, 0.1) is 5.69 Å². The van der Waals surface area contributed by atoms with Crippen LogP contribution in [0, 0.1) is 0 Å². The van der Waals surface area contributed by atoms with Crippen molar-refractivity contribution in [3.8, 4) is 0 Å². The van der Waals surface area contributed by atoms with Gasteiger partial charge in [0.2, 0.25) is 0 Å². The van der Waals surface area contributed by atoms with Gasteiger partial charge in [-0.15, -0.1) is 0 Å². The average molecular weight is 262 g/mol. The summed E-state index contributed by atoms with van der Waals surface area (Å²) < 4.78 is 1.82. The molecule has 2 aliphatic rings. The smallest absolute Gasteiger partial charge is 0.276 e. The van der Waals surface area contributed by atoms with E-state index in [0.29, 0.717) is 16.9 Å². The van der Waals surface area contributed by atoms with E-state index in [4.69, 9.17) is 12.2 Å². The first-order chi connectivity index (χ1) is 8.69. The first-order valence-electron chi connectivity index (χ1n) is 6.08. The molecule has 94 valence electrons. The Labute approximate surface area is 110 Å². The van der Waals surface area contributed by atoms with Crippen LogP contribution in [0.4, 0.5) is 0 Å². The van der Waals surface area contributed by atoms with Crippen LogP contribution in [-0.2, 0) is 11.3 Å². The summed E-state index contributed by atoms with van der Waals surface area (Å²) in [7, 11) is 0. The van der Waals surface area contributed by atoms with E-state index in [1.807, 2.05) is 23.9 Å². The highest BCUT2D eigenvalue weighted by molar-refractivity contribution is 7.80. The van der Waals surface area contributed by atoms with Gasteiger partial charge in [0, 0.05) is 18.8 Å². The van der Waals surface area contributed by atoms with Crippen LogP contribution >= 0.6 is 12.2 Å². The molecule has 3 rings (SSSR count). The third kappa shape index (κ3) is 1.92. The number of aryl methyl sites for hydroxylation is 1. The fourth-order valence-corrected chi connectivity index (χ4v) is 2.33. The molecule has 1 aromatic heterocycles. The zero-order valence-electron chi connectivity index (χ0n) is 10.1. The van der Waals surface area contributed by atoms with E-state index < -0.39 is 0 Å². The SMILES string of the molecule is CCn1ccc(/C=C2/NC(=S)N(C3CC3)C2=O)n1. The second kappa shape index (κ2) is 4.20. The number of nitrogens with zero attached hydrogens (tertiary/aromatic N) is 3. The molecule has 1 saturated carbocycles. The van der Waals surface area contributed by atoms with Crippen LogP contribution in [0.3, 0.4) is 0 Å². The Morgan fingerprint density at radius 1 is 1.61 bits per heavy atom. The fraction of sp³-hybridized carbons (Fsp3) is 0.417. The summed E-state index contributed by atoms with van der Waals surface area (Å²) in [6.07, 6.45) is 5.74. The highest BCUT2D eigenvalue weighted by Gasteiger charge is 2.41. The molecule has 5 nitrogen and oxygen atoms in total. The minimum absolute atomic E-state index is 0.0338. The van der Waals surface area contributed by atoms with Crippen molar-refractivity contribution in [1.29, 1.82) is 0 Å². The summed E-state index contributed by atoms with van der Waals surface area (Å²) in [4.78, 5) is 13.8. The quantitative estimate of drug-likeness (QED) is 0.655. The summed E-state index contributed by atoms with van der Waals surface area (Å²) >= 11 is 5.18. The number of hydrogen-bond donors (Lipinski definition) is 1. The van der Waals surface area contributed by atoms with Crippen LogP contribution in [0.1, 0.15) is 25.5 Å². The zero-order valence-corrected chi connectivity index (χ0v) is 10.9. The third-order valence-corrected chi connectivity index (χ3v) is 3.40. The van der Waals surface area contributed by atoms with Gasteiger partial charge in [-0.25, -0.2) is 0 Å². The number of thiocarbonyl (C=S) groups is 1. The second-order valence-electron chi connectivity index (χ2n) is 4.49. The summed E-state index contributed by atoms with van der Waals surface area (Å²) in [6, 6.07) is 2.19. The van der Waals surface area contributed by atoms with E-state index in [9.17, 15) is 4.79 Å². The van der Waals surface area contributed by atoms with E-state index in [1.165, 1.54) is 0 Å². The third-order valence-electron chi connectivity index (χ3n) is 3.10. The summed E-state index contributed by atoms with van der Waals surface area (Å²) in [6.45, 7) is 2.84. The molecule has 1 aromatic rings. The van der Waals surface area contributed by atoms with Crippen LogP contribution in [0.2, 0.25) is 0 Å². The minimum Gasteiger partial charge on any atom is -0.328 e. The summed E-state index contributed by atoms with van der Waals surface area (Å²) in [5, 5.41) is 7.81. The van der Waals surface area contributed by atoms with Crippen molar-refractivity contribution in [2.45, 2.75) is 32.4 Å². The van der Waals surface area contributed by atoms with Crippen molar-refractivity contribution in [3.63, 3.8) is 0 Å². The molecule has 2 heterocycles. The highest BCUT2D eigenvalue weighted by atomic mass is 32.1. The standard InChI is InChI=1S/C12H14N4OS/c1-2-15-6-5-8(14-15)7-10-11(17)16(9-3-4-9)12(18)13-10/h5-7,9H,2-4H2,1H3,(H,13,18)/b10-7+. The molecule has 18 heavy (non-hydrogen) atoms. The maximum atomic E-state index is 12.2.